The van der Waals surface area contributed by atoms with E-state index in [0.717, 1.165) is 19.6 Å². The van der Waals surface area contributed by atoms with Crippen LogP contribution in [0.15, 0.2) is 15.9 Å². The Hall–Kier alpha value is 0.1000. The summed E-state index contributed by atoms with van der Waals surface area (Å²) in [6.45, 7) is 5.77. The predicted octanol–water partition coefficient (Wildman–Crippen LogP) is 2.91. The summed E-state index contributed by atoms with van der Waals surface area (Å²) in [6.07, 6.45) is 0.979. The fourth-order valence-electron chi connectivity index (χ4n) is 2.15. The van der Waals surface area contributed by atoms with Gasteiger partial charge in [-0.2, -0.15) is 0 Å². The van der Waals surface area contributed by atoms with Gasteiger partial charge in [0.05, 0.1) is 22.4 Å². The standard InChI is InChI=1S/C11H16BrNOS/c1-10(2,13)5-11(6-14-7-11)8-3-4-9(12)15-8/h3-4H,5-7,13H2,1-2H3. The van der Waals surface area contributed by atoms with Gasteiger partial charge in [0.1, 0.15) is 0 Å². The topological polar surface area (TPSA) is 35.2 Å². The molecule has 1 aliphatic heterocycles. The lowest BCUT2D eigenvalue weighted by atomic mass is 9.74. The van der Waals surface area contributed by atoms with Crippen LogP contribution in [0.3, 0.4) is 0 Å². The van der Waals surface area contributed by atoms with Crippen molar-refractivity contribution >= 4 is 27.3 Å². The van der Waals surface area contributed by atoms with Crippen molar-refractivity contribution in [3.05, 3.63) is 20.8 Å². The van der Waals surface area contributed by atoms with Gasteiger partial charge in [-0.3, -0.25) is 0 Å². The molecule has 0 unspecified atom stereocenters. The van der Waals surface area contributed by atoms with Gasteiger partial charge in [-0.15, -0.1) is 11.3 Å². The van der Waals surface area contributed by atoms with Crippen LogP contribution in [0.4, 0.5) is 0 Å². The first-order chi connectivity index (χ1) is 6.91. The Balaban J connectivity index is 2.22. The van der Waals surface area contributed by atoms with E-state index in [-0.39, 0.29) is 11.0 Å². The van der Waals surface area contributed by atoms with Gasteiger partial charge in [-0.05, 0) is 48.3 Å². The average molecular weight is 290 g/mol. The van der Waals surface area contributed by atoms with Crippen molar-refractivity contribution in [2.24, 2.45) is 5.73 Å². The monoisotopic (exact) mass is 289 g/mol. The number of nitrogens with two attached hydrogens (primary N) is 1. The van der Waals surface area contributed by atoms with Crippen LogP contribution in [-0.2, 0) is 10.2 Å². The van der Waals surface area contributed by atoms with E-state index in [4.69, 9.17) is 10.5 Å². The van der Waals surface area contributed by atoms with Gasteiger partial charge in [-0.1, -0.05) is 0 Å². The second kappa shape index (κ2) is 3.84. The van der Waals surface area contributed by atoms with Crippen LogP contribution in [0.5, 0.6) is 0 Å². The minimum atomic E-state index is -0.139. The summed E-state index contributed by atoms with van der Waals surface area (Å²) in [6, 6.07) is 4.28. The molecular weight excluding hydrogens is 274 g/mol. The van der Waals surface area contributed by atoms with Gasteiger partial charge in [0, 0.05) is 10.4 Å². The van der Waals surface area contributed by atoms with Crippen molar-refractivity contribution < 1.29 is 4.74 Å². The van der Waals surface area contributed by atoms with E-state index in [1.165, 1.54) is 8.66 Å². The first-order valence-corrected chi connectivity index (χ1v) is 6.65. The highest BCUT2D eigenvalue weighted by Crippen LogP contribution is 2.42. The van der Waals surface area contributed by atoms with E-state index < -0.39 is 0 Å². The lowest BCUT2D eigenvalue weighted by Crippen LogP contribution is -2.52. The van der Waals surface area contributed by atoms with Gasteiger partial charge < -0.3 is 10.5 Å². The van der Waals surface area contributed by atoms with Gasteiger partial charge in [0.15, 0.2) is 0 Å². The molecule has 1 aromatic heterocycles. The zero-order valence-electron chi connectivity index (χ0n) is 9.05. The Kier molecular flexibility index (Phi) is 2.97. The third-order valence-electron chi connectivity index (χ3n) is 2.65. The number of hydrogen-bond acceptors (Lipinski definition) is 3. The maximum Gasteiger partial charge on any atom is 0.0701 e. The second-order valence-corrected chi connectivity index (χ2v) is 7.51. The van der Waals surface area contributed by atoms with Crippen LogP contribution < -0.4 is 5.73 Å². The molecule has 2 rings (SSSR count). The van der Waals surface area contributed by atoms with Crippen LogP contribution in [0, 0.1) is 0 Å². The summed E-state index contributed by atoms with van der Waals surface area (Å²) < 4.78 is 6.56. The maximum absolute atomic E-state index is 6.11. The Labute approximate surface area is 103 Å². The zero-order valence-corrected chi connectivity index (χ0v) is 11.5. The van der Waals surface area contributed by atoms with Crippen molar-refractivity contribution in [1.29, 1.82) is 0 Å². The summed E-state index contributed by atoms with van der Waals surface area (Å²) >= 11 is 5.30. The third-order valence-corrected chi connectivity index (χ3v) is 4.52. The lowest BCUT2D eigenvalue weighted by Gasteiger charge is -2.44. The van der Waals surface area contributed by atoms with E-state index >= 15 is 0 Å². The van der Waals surface area contributed by atoms with E-state index in [1.807, 2.05) is 0 Å². The fourth-order valence-corrected chi connectivity index (χ4v) is 3.70. The molecule has 0 aromatic carbocycles. The number of thiophene rings is 1. The van der Waals surface area contributed by atoms with Crippen LogP contribution >= 0.6 is 27.3 Å². The van der Waals surface area contributed by atoms with Gasteiger partial charge in [0.25, 0.3) is 0 Å². The molecule has 0 aliphatic carbocycles. The fraction of sp³-hybridized carbons (Fsp3) is 0.636. The molecule has 0 bridgehead atoms. The number of ether oxygens (including phenoxy) is 1. The molecule has 2 heterocycles. The van der Waals surface area contributed by atoms with Crippen LogP contribution in [0.25, 0.3) is 0 Å². The molecule has 0 atom stereocenters. The SMILES string of the molecule is CC(C)(N)CC1(c2ccc(Br)s2)COC1. The first kappa shape index (κ1) is 11.6. The molecule has 4 heteroatoms. The maximum atomic E-state index is 6.11. The van der Waals surface area contributed by atoms with Crippen molar-refractivity contribution in [3.8, 4) is 0 Å². The molecule has 0 saturated carbocycles. The minimum Gasteiger partial charge on any atom is -0.379 e. The molecule has 0 amide bonds. The van der Waals surface area contributed by atoms with Crippen molar-refractivity contribution in [2.45, 2.75) is 31.2 Å². The average Bonchev–Trinajstić information content (AvgIpc) is 2.42. The van der Waals surface area contributed by atoms with E-state index in [9.17, 15) is 0 Å². The Bertz CT molecular complexity index is 352. The Morgan fingerprint density at radius 1 is 1.53 bits per heavy atom. The molecule has 1 aliphatic rings. The Morgan fingerprint density at radius 2 is 2.20 bits per heavy atom. The highest BCUT2D eigenvalue weighted by atomic mass is 79.9. The molecule has 15 heavy (non-hydrogen) atoms. The molecule has 2 nitrogen and oxygen atoms in total. The highest BCUT2D eigenvalue weighted by molar-refractivity contribution is 9.11. The minimum absolute atomic E-state index is 0.139. The molecule has 2 N–H and O–H groups in total. The second-order valence-electron chi connectivity index (χ2n) is 5.04. The summed E-state index contributed by atoms with van der Waals surface area (Å²) in [5, 5.41) is 0. The third kappa shape index (κ3) is 2.44. The van der Waals surface area contributed by atoms with Gasteiger partial charge >= 0.3 is 0 Å². The molecule has 1 aromatic rings. The molecule has 84 valence electrons. The van der Waals surface area contributed by atoms with Gasteiger partial charge in [-0.25, -0.2) is 0 Å². The predicted molar refractivity (Wildman–Crippen MR) is 67.4 cm³/mol. The molecule has 1 fully saturated rings. The van der Waals surface area contributed by atoms with Crippen LogP contribution in [-0.4, -0.2) is 18.8 Å². The highest BCUT2D eigenvalue weighted by Gasteiger charge is 2.44. The summed E-state index contributed by atoms with van der Waals surface area (Å²) in [5.41, 5.74) is 6.14. The zero-order chi connectivity index (χ0) is 11.1. The number of halogens is 1. The summed E-state index contributed by atoms with van der Waals surface area (Å²) in [5.74, 6) is 0. The normalized spacial score (nSPS) is 20.0. The smallest absolute Gasteiger partial charge is 0.0701 e. The summed E-state index contributed by atoms with van der Waals surface area (Å²) in [4.78, 5) is 1.39. The number of rotatable bonds is 3. The van der Waals surface area contributed by atoms with Crippen molar-refractivity contribution in [2.75, 3.05) is 13.2 Å². The molecule has 0 spiro atoms. The summed E-state index contributed by atoms with van der Waals surface area (Å²) in [7, 11) is 0. The van der Waals surface area contributed by atoms with Crippen LogP contribution in [0.1, 0.15) is 25.1 Å². The van der Waals surface area contributed by atoms with Gasteiger partial charge in [0.2, 0.25) is 0 Å². The van der Waals surface area contributed by atoms with E-state index in [2.05, 4.69) is 41.9 Å². The number of hydrogen-bond donors (Lipinski definition) is 1. The van der Waals surface area contributed by atoms with Crippen molar-refractivity contribution in [1.82, 2.24) is 0 Å². The molecule has 1 saturated heterocycles. The Morgan fingerprint density at radius 3 is 2.53 bits per heavy atom. The van der Waals surface area contributed by atoms with E-state index in [1.54, 1.807) is 11.3 Å². The lowest BCUT2D eigenvalue weighted by molar-refractivity contribution is -0.0700. The largest absolute Gasteiger partial charge is 0.379 e. The van der Waals surface area contributed by atoms with Crippen molar-refractivity contribution in [3.63, 3.8) is 0 Å². The molecular formula is C11H16BrNOS. The molecule has 0 radical (unpaired) electrons. The first-order valence-electron chi connectivity index (χ1n) is 5.04. The van der Waals surface area contributed by atoms with Crippen LogP contribution in [0.2, 0.25) is 0 Å². The quantitative estimate of drug-likeness (QED) is 0.929. The van der Waals surface area contributed by atoms with E-state index in [0.29, 0.717) is 0 Å².